The van der Waals surface area contributed by atoms with Crippen LogP contribution < -0.4 is 5.32 Å². The lowest BCUT2D eigenvalue weighted by Crippen LogP contribution is -1.93. The zero-order valence-corrected chi connectivity index (χ0v) is 6.81. The van der Waals surface area contributed by atoms with Crippen LogP contribution in [0.4, 0.5) is 5.69 Å². The van der Waals surface area contributed by atoms with Crippen LogP contribution in [0.1, 0.15) is 11.1 Å². The lowest BCUT2D eigenvalue weighted by atomic mass is 10.1. The Labute approximate surface area is 67.4 Å². The van der Waals surface area contributed by atoms with E-state index in [0.29, 0.717) is 0 Å². The van der Waals surface area contributed by atoms with Crippen molar-refractivity contribution in [2.45, 2.75) is 6.92 Å². The van der Waals surface area contributed by atoms with Gasteiger partial charge in [-0.05, 0) is 24.6 Å². The number of anilines is 1. The number of hydrogen-bond donors (Lipinski definition) is 1. The fourth-order valence-electron chi connectivity index (χ4n) is 1.06. The Morgan fingerprint density at radius 2 is 2.18 bits per heavy atom. The molecule has 11 heavy (non-hydrogen) atoms. The molecule has 56 valence electrons. The smallest absolute Gasteiger partial charge is 0.0379 e. The van der Waals surface area contributed by atoms with Crippen LogP contribution in [0.3, 0.4) is 0 Å². The molecule has 0 aliphatic rings. The van der Waals surface area contributed by atoms with Crippen LogP contribution in [0.25, 0.3) is 0 Å². The minimum Gasteiger partial charge on any atom is -0.388 e. The number of benzene rings is 1. The molecule has 0 radical (unpaired) electrons. The van der Waals surface area contributed by atoms with Gasteiger partial charge in [0.2, 0.25) is 0 Å². The van der Waals surface area contributed by atoms with Crippen LogP contribution in [-0.4, -0.2) is 7.05 Å². The Morgan fingerprint density at radius 1 is 1.45 bits per heavy atom. The van der Waals surface area contributed by atoms with E-state index in [1.807, 2.05) is 32.2 Å². The molecule has 1 aromatic carbocycles. The molecule has 0 aliphatic heterocycles. The highest BCUT2D eigenvalue weighted by Gasteiger charge is 1.97. The van der Waals surface area contributed by atoms with E-state index in [4.69, 9.17) is 6.42 Å². The van der Waals surface area contributed by atoms with Gasteiger partial charge in [-0.1, -0.05) is 12.0 Å². The van der Waals surface area contributed by atoms with Gasteiger partial charge in [0.05, 0.1) is 0 Å². The minimum atomic E-state index is 0.955. The predicted octanol–water partition coefficient (Wildman–Crippen LogP) is 2.02. The first-order valence-corrected chi connectivity index (χ1v) is 3.53. The average Bonchev–Trinajstić information content (AvgIpc) is 2.05. The van der Waals surface area contributed by atoms with Crippen molar-refractivity contribution in [3.05, 3.63) is 29.3 Å². The molecular weight excluding hydrogens is 134 g/mol. The van der Waals surface area contributed by atoms with Gasteiger partial charge in [0.15, 0.2) is 0 Å². The molecule has 0 bridgehead atoms. The van der Waals surface area contributed by atoms with E-state index in [0.717, 1.165) is 16.8 Å². The molecule has 0 heterocycles. The average molecular weight is 145 g/mol. The highest BCUT2D eigenvalue weighted by atomic mass is 14.8. The van der Waals surface area contributed by atoms with E-state index in [9.17, 15) is 0 Å². The van der Waals surface area contributed by atoms with Gasteiger partial charge in [-0.3, -0.25) is 0 Å². The van der Waals surface area contributed by atoms with Crippen molar-refractivity contribution in [1.82, 2.24) is 0 Å². The molecule has 1 rings (SSSR count). The van der Waals surface area contributed by atoms with Gasteiger partial charge in [-0.15, -0.1) is 6.42 Å². The number of hydrogen-bond acceptors (Lipinski definition) is 1. The van der Waals surface area contributed by atoms with Crippen molar-refractivity contribution >= 4 is 5.69 Å². The van der Waals surface area contributed by atoms with Gasteiger partial charge in [0.1, 0.15) is 0 Å². The standard InChI is InChI=1S/C10H11N/c1-4-9-6-5-7-10(11-3)8(9)2/h1,5-7,11H,2-3H3. The van der Waals surface area contributed by atoms with Gasteiger partial charge < -0.3 is 5.32 Å². The molecule has 1 aromatic rings. The van der Waals surface area contributed by atoms with Gasteiger partial charge >= 0.3 is 0 Å². The zero-order valence-electron chi connectivity index (χ0n) is 6.81. The van der Waals surface area contributed by atoms with Crippen molar-refractivity contribution in [1.29, 1.82) is 0 Å². The van der Waals surface area contributed by atoms with Crippen molar-refractivity contribution in [3.63, 3.8) is 0 Å². The topological polar surface area (TPSA) is 12.0 Å². The molecule has 0 aromatic heterocycles. The molecule has 0 fully saturated rings. The van der Waals surface area contributed by atoms with Crippen molar-refractivity contribution in [2.75, 3.05) is 12.4 Å². The number of rotatable bonds is 1. The summed E-state index contributed by atoms with van der Waals surface area (Å²) in [5.41, 5.74) is 3.19. The first kappa shape index (κ1) is 7.68. The lowest BCUT2D eigenvalue weighted by Gasteiger charge is -2.05. The third-order valence-corrected chi connectivity index (χ3v) is 1.76. The molecule has 0 amide bonds. The molecular formula is C10H11N. The van der Waals surface area contributed by atoms with Gasteiger partial charge in [-0.2, -0.15) is 0 Å². The minimum absolute atomic E-state index is 0.955. The summed E-state index contributed by atoms with van der Waals surface area (Å²) in [7, 11) is 1.89. The van der Waals surface area contributed by atoms with Gasteiger partial charge in [0.25, 0.3) is 0 Å². The molecule has 0 spiro atoms. The molecule has 1 heteroatoms. The van der Waals surface area contributed by atoms with Crippen LogP contribution in [-0.2, 0) is 0 Å². The third kappa shape index (κ3) is 1.35. The van der Waals surface area contributed by atoms with E-state index in [1.165, 1.54) is 0 Å². The predicted molar refractivity (Wildman–Crippen MR) is 48.7 cm³/mol. The summed E-state index contributed by atoms with van der Waals surface area (Å²) in [5, 5.41) is 3.07. The van der Waals surface area contributed by atoms with Gasteiger partial charge in [-0.25, -0.2) is 0 Å². The van der Waals surface area contributed by atoms with Gasteiger partial charge in [0, 0.05) is 18.3 Å². The highest BCUT2D eigenvalue weighted by molar-refractivity contribution is 5.57. The SMILES string of the molecule is C#Cc1cccc(NC)c1C. The second-order valence-corrected chi connectivity index (χ2v) is 2.37. The molecule has 0 unspecified atom stereocenters. The van der Waals surface area contributed by atoms with E-state index in [-0.39, 0.29) is 0 Å². The van der Waals surface area contributed by atoms with E-state index in [2.05, 4.69) is 11.2 Å². The molecule has 0 atom stereocenters. The van der Waals surface area contributed by atoms with E-state index in [1.54, 1.807) is 0 Å². The van der Waals surface area contributed by atoms with E-state index >= 15 is 0 Å². The first-order valence-electron chi connectivity index (χ1n) is 3.53. The summed E-state index contributed by atoms with van der Waals surface area (Å²) in [6.07, 6.45) is 5.30. The molecule has 0 saturated carbocycles. The van der Waals surface area contributed by atoms with E-state index < -0.39 is 0 Å². The van der Waals surface area contributed by atoms with Crippen LogP contribution in [0.15, 0.2) is 18.2 Å². The van der Waals surface area contributed by atoms with Crippen LogP contribution in [0, 0.1) is 19.3 Å². The summed E-state index contributed by atoms with van der Waals surface area (Å²) in [5.74, 6) is 2.63. The molecule has 1 nitrogen and oxygen atoms in total. The second kappa shape index (κ2) is 3.12. The maximum atomic E-state index is 5.30. The van der Waals surface area contributed by atoms with Crippen LogP contribution in [0.5, 0.6) is 0 Å². The zero-order chi connectivity index (χ0) is 8.27. The normalized spacial score (nSPS) is 8.82. The van der Waals surface area contributed by atoms with Crippen molar-refractivity contribution in [3.8, 4) is 12.3 Å². The first-order chi connectivity index (χ1) is 5.29. The quantitative estimate of drug-likeness (QED) is 0.596. The summed E-state index contributed by atoms with van der Waals surface area (Å²) in [6.45, 7) is 2.01. The monoisotopic (exact) mass is 145 g/mol. The lowest BCUT2D eigenvalue weighted by molar-refractivity contribution is 1.38. The largest absolute Gasteiger partial charge is 0.388 e. The Balaban J connectivity index is 3.23. The summed E-state index contributed by atoms with van der Waals surface area (Å²) >= 11 is 0. The van der Waals surface area contributed by atoms with Crippen LogP contribution >= 0.6 is 0 Å². The summed E-state index contributed by atoms with van der Waals surface area (Å²) in [4.78, 5) is 0. The third-order valence-electron chi connectivity index (χ3n) is 1.76. The Kier molecular flexibility index (Phi) is 2.18. The maximum Gasteiger partial charge on any atom is 0.0379 e. The maximum absolute atomic E-state index is 5.30. The second-order valence-electron chi connectivity index (χ2n) is 2.37. The Hall–Kier alpha value is -1.42. The summed E-state index contributed by atoms with van der Waals surface area (Å²) < 4.78 is 0. The number of nitrogens with one attached hydrogen (secondary N) is 1. The molecule has 0 aliphatic carbocycles. The van der Waals surface area contributed by atoms with Crippen molar-refractivity contribution < 1.29 is 0 Å². The fraction of sp³-hybridized carbons (Fsp3) is 0.200. The summed E-state index contributed by atoms with van der Waals surface area (Å²) in [6, 6.07) is 5.90. The van der Waals surface area contributed by atoms with Crippen molar-refractivity contribution in [2.24, 2.45) is 0 Å². The number of terminal acetylenes is 1. The fourth-order valence-corrected chi connectivity index (χ4v) is 1.06. The highest BCUT2D eigenvalue weighted by Crippen LogP contribution is 2.16. The molecule has 0 saturated heterocycles. The Morgan fingerprint density at radius 3 is 2.73 bits per heavy atom. The molecule has 1 N–H and O–H groups in total. The Bertz CT molecular complexity index is 294. The van der Waals surface area contributed by atoms with Crippen LogP contribution in [0.2, 0.25) is 0 Å².